The number of nitrogens with one attached hydrogen (secondary N) is 1. The van der Waals surface area contributed by atoms with Crippen molar-refractivity contribution in [2.24, 2.45) is 5.73 Å². The van der Waals surface area contributed by atoms with Crippen LogP contribution in [0.3, 0.4) is 0 Å². The highest BCUT2D eigenvalue weighted by atomic mass is 16.7. The molecule has 0 saturated carbocycles. The van der Waals surface area contributed by atoms with Crippen LogP contribution in [0.15, 0.2) is 0 Å². The predicted octanol–water partition coefficient (Wildman–Crippen LogP) is -0.566. The summed E-state index contributed by atoms with van der Waals surface area (Å²) in [6, 6.07) is 0. The largest absolute Gasteiger partial charge is 0.448 e. The molecule has 0 aromatic carbocycles. The fourth-order valence-electron chi connectivity index (χ4n) is 1.15. The quantitative estimate of drug-likeness (QED) is 0.586. The average Bonchev–Trinajstić information content (AvgIpc) is 2.18. The molecule has 0 aromatic rings. The van der Waals surface area contributed by atoms with E-state index in [-0.39, 0.29) is 6.10 Å². The van der Waals surface area contributed by atoms with E-state index in [1.54, 1.807) is 0 Å². The van der Waals surface area contributed by atoms with Gasteiger partial charge in [-0.3, -0.25) is 0 Å². The first-order valence-corrected chi connectivity index (χ1v) is 4.61. The van der Waals surface area contributed by atoms with Crippen LogP contribution in [0.1, 0.15) is 6.42 Å². The fourth-order valence-corrected chi connectivity index (χ4v) is 1.15. The molecule has 0 bridgehead atoms. The third-order valence-electron chi connectivity index (χ3n) is 1.87. The van der Waals surface area contributed by atoms with E-state index in [0.717, 1.165) is 19.6 Å². The van der Waals surface area contributed by atoms with Crippen LogP contribution in [0.2, 0.25) is 0 Å². The summed E-state index contributed by atoms with van der Waals surface area (Å²) < 4.78 is 14.9. The van der Waals surface area contributed by atoms with Crippen LogP contribution in [0.4, 0.5) is 4.79 Å². The highest BCUT2D eigenvalue weighted by Gasteiger charge is 2.12. The van der Waals surface area contributed by atoms with Crippen LogP contribution in [0, 0.1) is 0 Å². The zero-order valence-electron chi connectivity index (χ0n) is 8.03. The Labute approximate surface area is 82.7 Å². The van der Waals surface area contributed by atoms with E-state index in [9.17, 15) is 4.79 Å². The minimum atomic E-state index is -0.742. The van der Waals surface area contributed by atoms with E-state index >= 15 is 0 Å². The molecule has 6 heteroatoms. The van der Waals surface area contributed by atoms with E-state index < -0.39 is 6.09 Å². The van der Waals surface area contributed by atoms with Crippen molar-refractivity contribution in [3.63, 3.8) is 0 Å². The summed E-state index contributed by atoms with van der Waals surface area (Å²) in [6.07, 6.45) is 0.343. The number of ether oxygens (including phenoxy) is 3. The molecule has 1 saturated heterocycles. The summed E-state index contributed by atoms with van der Waals surface area (Å²) in [4.78, 5) is 10.2. The van der Waals surface area contributed by atoms with E-state index in [2.05, 4.69) is 10.1 Å². The number of nitrogens with two attached hydrogens (primary N) is 1. The Bertz CT molecular complexity index is 171. The topological polar surface area (TPSA) is 82.8 Å². The molecule has 6 nitrogen and oxygen atoms in total. The lowest BCUT2D eigenvalue weighted by Crippen LogP contribution is -2.35. The third kappa shape index (κ3) is 5.00. The van der Waals surface area contributed by atoms with Crippen LogP contribution >= 0.6 is 0 Å². The Morgan fingerprint density at radius 3 is 3.14 bits per heavy atom. The molecule has 1 fully saturated rings. The van der Waals surface area contributed by atoms with E-state index in [1.165, 1.54) is 0 Å². The molecule has 1 aliphatic heterocycles. The number of carbonyl (C=O) groups excluding carboxylic acids is 1. The molecule has 1 rings (SSSR count). The molecule has 0 aliphatic carbocycles. The molecule has 1 heterocycles. The SMILES string of the molecule is NC(=O)OCCNCC1CCOCO1. The van der Waals surface area contributed by atoms with Crippen LogP contribution in [-0.4, -0.2) is 45.3 Å². The summed E-state index contributed by atoms with van der Waals surface area (Å²) >= 11 is 0. The maximum atomic E-state index is 10.2. The zero-order chi connectivity index (χ0) is 10.2. The molecule has 3 N–H and O–H groups in total. The van der Waals surface area contributed by atoms with E-state index in [4.69, 9.17) is 15.2 Å². The average molecular weight is 204 g/mol. The number of rotatable bonds is 5. The van der Waals surface area contributed by atoms with Crippen LogP contribution < -0.4 is 11.1 Å². The predicted molar refractivity (Wildman–Crippen MR) is 48.7 cm³/mol. The Morgan fingerprint density at radius 1 is 1.64 bits per heavy atom. The van der Waals surface area contributed by atoms with Crippen molar-refractivity contribution in [2.75, 3.05) is 33.1 Å². The van der Waals surface area contributed by atoms with Gasteiger partial charge in [-0.05, 0) is 6.42 Å². The Kier molecular flexibility index (Phi) is 5.28. The van der Waals surface area contributed by atoms with Crippen molar-refractivity contribution in [2.45, 2.75) is 12.5 Å². The highest BCUT2D eigenvalue weighted by molar-refractivity contribution is 5.64. The highest BCUT2D eigenvalue weighted by Crippen LogP contribution is 2.03. The molecular weight excluding hydrogens is 188 g/mol. The zero-order valence-corrected chi connectivity index (χ0v) is 8.03. The van der Waals surface area contributed by atoms with Crippen molar-refractivity contribution < 1.29 is 19.0 Å². The standard InChI is InChI=1S/C8H16N2O4/c9-8(11)13-4-2-10-5-7-1-3-12-6-14-7/h7,10H,1-6H2,(H2,9,11). The second-order valence-electron chi connectivity index (χ2n) is 2.98. The first kappa shape index (κ1) is 11.2. The first-order chi connectivity index (χ1) is 6.79. The van der Waals surface area contributed by atoms with Gasteiger partial charge in [0.1, 0.15) is 13.4 Å². The summed E-state index contributed by atoms with van der Waals surface area (Å²) in [5.74, 6) is 0. The minimum absolute atomic E-state index is 0.192. The Morgan fingerprint density at radius 2 is 2.50 bits per heavy atom. The normalized spacial score (nSPS) is 21.9. The first-order valence-electron chi connectivity index (χ1n) is 4.61. The van der Waals surface area contributed by atoms with Crippen molar-refractivity contribution >= 4 is 6.09 Å². The third-order valence-corrected chi connectivity index (χ3v) is 1.87. The minimum Gasteiger partial charge on any atom is -0.448 e. The maximum absolute atomic E-state index is 10.2. The van der Waals surface area contributed by atoms with Gasteiger partial charge in [-0.1, -0.05) is 0 Å². The van der Waals surface area contributed by atoms with Crippen LogP contribution in [-0.2, 0) is 14.2 Å². The van der Waals surface area contributed by atoms with E-state index in [0.29, 0.717) is 19.9 Å². The number of hydrogen-bond acceptors (Lipinski definition) is 5. The fraction of sp³-hybridized carbons (Fsp3) is 0.875. The van der Waals surface area contributed by atoms with Crippen molar-refractivity contribution in [3.8, 4) is 0 Å². The van der Waals surface area contributed by atoms with Gasteiger partial charge in [0, 0.05) is 13.1 Å². The monoisotopic (exact) mass is 204 g/mol. The lowest BCUT2D eigenvalue weighted by Gasteiger charge is -2.22. The van der Waals surface area contributed by atoms with Gasteiger partial charge in [0.05, 0.1) is 12.7 Å². The van der Waals surface area contributed by atoms with Crippen molar-refractivity contribution in [1.29, 1.82) is 0 Å². The van der Waals surface area contributed by atoms with Gasteiger partial charge in [-0.25, -0.2) is 4.79 Å². The van der Waals surface area contributed by atoms with Crippen molar-refractivity contribution in [3.05, 3.63) is 0 Å². The van der Waals surface area contributed by atoms with Gasteiger partial charge in [-0.15, -0.1) is 0 Å². The van der Waals surface area contributed by atoms with Crippen LogP contribution in [0.25, 0.3) is 0 Å². The second kappa shape index (κ2) is 6.58. The molecule has 1 unspecified atom stereocenters. The molecule has 0 radical (unpaired) electrons. The summed E-state index contributed by atoms with van der Waals surface area (Å²) in [5, 5.41) is 3.10. The summed E-state index contributed by atoms with van der Waals surface area (Å²) in [6.45, 7) is 2.72. The van der Waals surface area contributed by atoms with Gasteiger partial charge in [0.15, 0.2) is 0 Å². The van der Waals surface area contributed by atoms with Crippen LogP contribution in [0.5, 0.6) is 0 Å². The van der Waals surface area contributed by atoms with Gasteiger partial charge in [-0.2, -0.15) is 0 Å². The molecule has 0 aromatic heterocycles. The Hall–Kier alpha value is -0.850. The molecule has 14 heavy (non-hydrogen) atoms. The molecular formula is C8H16N2O4. The number of amides is 1. The van der Waals surface area contributed by atoms with Crippen molar-refractivity contribution in [1.82, 2.24) is 5.32 Å². The van der Waals surface area contributed by atoms with Gasteiger partial charge >= 0.3 is 6.09 Å². The summed E-state index contributed by atoms with van der Waals surface area (Å²) in [7, 11) is 0. The lowest BCUT2D eigenvalue weighted by atomic mass is 10.2. The maximum Gasteiger partial charge on any atom is 0.404 e. The van der Waals surface area contributed by atoms with Gasteiger partial charge in [0.25, 0.3) is 0 Å². The van der Waals surface area contributed by atoms with E-state index in [1.807, 2.05) is 0 Å². The number of hydrogen-bond donors (Lipinski definition) is 2. The number of carbonyl (C=O) groups is 1. The number of primary amides is 1. The second-order valence-corrected chi connectivity index (χ2v) is 2.98. The molecule has 82 valence electrons. The molecule has 1 aliphatic rings. The smallest absolute Gasteiger partial charge is 0.404 e. The molecule has 1 atom stereocenters. The lowest BCUT2D eigenvalue weighted by molar-refractivity contribution is -0.137. The Balaban J connectivity index is 1.90. The molecule has 0 spiro atoms. The summed E-state index contributed by atoms with van der Waals surface area (Å²) in [5.41, 5.74) is 4.79. The molecule has 1 amide bonds. The van der Waals surface area contributed by atoms with Gasteiger partial charge < -0.3 is 25.3 Å². The van der Waals surface area contributed by atoms with Gasteiger partial charge in [0.2, 0.25) is 0 Å².